The van der Waals surface area contributed by atoms with Gasteiger partial charge < -0.3 is 9.73 Å². The van der Waals surface area contributed by atoms with E-state index < -0.39 is 24.7 Å². The molecule has 27 heavy (non-hydrogen) atoms. The van der Waals surface area contributed by atoms with Crippen molar-refractivity contribution in [3.63, 3.8) is 0 Å². The summed E-state index contributed by atoms with van der Waals surface area (Å²) in [5.74, 6) is -0.774. The van der Waals surface area contributed by atoms with Crippen LogP contribution in [0.2, 0.25) is 0 Å². The number of halogens is 3. The Kier molecular flexibility index (Phi) is 6.09. The van der Waals surface area contributed by atoms with Crippen LogP contribution in [0.15, 0.2) is 22.8 Å². The van der Waals surface area contributed by atoms with Crippen LogP contribution in [0, 0.1) is 0 Å². The number of hydrogen-bond donors (Lipinski definition) is 1. The van der Waals surface area contributed by atoms with E-state index in [0.717, 1.165) is 32.2 Å². The van der Waals surface area contributed by atoms with E-state index in [1.165, 1.54) is 29.7 Å². The lowest BCUT2D eigenvalue weighted by molar-refractivity contribution is -0.167. The summed E-state index contributed by atoms with van der Waals surface area (Å²) in [5, 5.41) is 13.2. The highest BCUT2D eigenvalue weighted by Gasteiger charge is 2.43. The van der Waals surface area contributed by atoms with Gasteiger partial charge in [-0.15, -0.1) is 5.10 Å². The number of carbonyl (C=O) groups is 1. The first-order valence-electron chi connectivity index (χ1n) is 8.80. The fourth-order valence-electron chi connectivity index (χ4n) is 3.07. The lowest BCUT2D eigenvalue weighted by Crippen LogP contribution is -2.40. The second-order valence-corrected chi connectivity index (χ2v) is 6.50. The molecule has 1 fully saturated rings. The number of hydrogen-bond acceptors (Lipinski definition) is 6. The molecule has 148 valence electrons. The number of likely N-dealkylation sites (tertiary alicyclic amines) is 1. The molecule has 1 N–H and O–H groups in total. The van der Waals surface area contributed by atoms with Crippen LogP contribution in [0.4, 0.5) is 13.2 Å². The SMILES string of the molecule is O=C(Cn1nnnc1CN1CCCCCC1)NC(c1ccco1)C(F)(F)F. The van der Waals surface area contributed by atoms with Crippen LogP contribution >= 0.6 is 0 Å². The van der Waals surface area contributed by atoms with Gasteiger partial charge >= 0.3 is 6.18 Å². The van der Waals surface area contributed by atoms with Crippen molar-refractivity contribution < 1.29 is 22.4 Å². The molecule has 2 aromatic heterocycles. The van der Waals surface area contributed by atoms with E-state index in [-0.39, 0.29) is 5.76 Å². The molecule has 0 aliphatic carbocycles. The van der Waals surface area contributed by atoms with Crippen molar-refractivity contribution in [2.45, 2.75) is 51.0 Å². The number of furan rings is 1. The summed E-state index contributed by atoms with van der Waals surface area (Å²) >= 11 is 0. The van der Waals surface area contributed by atoms with E-state index in [9.17, 15) is 18.0 Å². The molecule has 1 aliphatic heterocycles. The lowest BCUT2D eigenvalue weighted by Gasteiger charge is -2.20. The molecule has 1 unspecified atom stereocenters. The van der Waals surface area contributed by atoms with Crippen molar-refractivity contribution in [3.8, 4) is 0 Å². The fourth-order valence-corrected chi connectivity index (χ4v) is 3.07. The normalized spacial score (nSPS) is 17.4. The van der Waals surface area contributed by atoms with Crippen LogP contribution in [0.3, 0.4) is 0 Å². The third kappa shape index (κ3) is 5.28. The number of amides is 1. The number of tetrazole rings is 1. The van der Waals surface area contributed by atoms with E-state index in [4.69, 9.17) is 4.42 Å². The number of alkyl halides is 3. The van der Waals surface area contributed by atoms with Crippen LogP contribution in [0.1, 0.15) is 43.3 Å². The van der Waals surface area contributed by atoms with Gasteiger partial charge in [-0.25, -0.2) is 4.68 Å². The van der Waals surface area contributed by atoms with E-state index in [1.54, 1.807) is 0 Å². The number of nitrogens with one attached hydrogen (secondary N) is 1. The Morgan fingerprint density at radius 3 is 2.63 bits per heavy atom. The van der Waals surface area contributed by atoms with Gasteiger partial charge in [-0.3, -0.25) is 9.69 Å². The highest BCUT2D eigenvalue weighted by Crippen LogP contribution is 2.32. The molecule has 1 aliphatic rings. The molecule has 1 amide bonds. The Morgan fingerprint density at radius 1 is 1.26 bits per heavy atom. The number of nitrogens with zero attached hydrogens (tertiary/aromatic N) is 5. The molecule has 11 heteroatoms. The minimum atomic E-state index is -4.68. The largest absolute Gasteiger partial charge is 0.467 e. The quantitative estimate of drug-likeness (QED) is 0.818. The molecule has 1 saturated heterocycles. The lowest BCUT2D eigenvalue weighted by atomic mass is 10.2. The Labute approximate surface area is 153 Å². The van der Waals surface area contributed by atoms with Gasteiger partial charge in [0.1, 0.15) is 12.3 Å². The van der Waals surface area contributed by atoms with Crippen LogP contribution in [-0.2, 0) is 17.9 Å². The zero-order valence-electron chi connectivity index (χ0n) is 14.7. The smallest absolute Gasteiger partial charge is 0.415 e. The number of aromatic nitrogens is 4. The first-order chi connectivity index (χ1) is 12.9. The van der Waals surface area contributed by atoms with Gasteiger partial charge in [-0.2, -0.15) is 13.2 Å². The van der Waals surface area contributed by atoms with Gasteiger partial charge in [0, 0.05) is 0 Å². The van der Waals surface area contributed by atoms with Crippen LogP contribution in [-0.4, -0.2) is 50.3 Å². The van der Waals surface area contributed by atoms with Gasteiger partial charge in [0.05, 0.1) is 12.8 Å². The highest BCUT2D eigenvalue weighted by molar-refractivity contribution is 5.76. The molecule has 2 aromatic rings. The Bertz CT molecular complexity index is 723. The first kappa shape index (κ1) is 19.3. The van der Waals surface area contributed by atoms with Crippen LogP contribution < -0.4 is 5.32 Å². The topological polar surface area (TPSA) is 89.1 Å². The summed E-state index contributed by atoms with van der Waals surface area (Å²) in [5.41, 5.74) is 0. The molecule has 0 radical (unpaired) electrons. The molecule has 8 nitrogen and oxygen atoms in total. The average molecular weight is 386 g/mol. The molecule has 1 atom stereocenters. The highest BCUT2D eigenvalue weighted by atomic mass is 19.4. The van der Waals surface area contributed by atoms with Crippen molar-refractivity contribution in [1.82, 2.24) is 30.4 Å². The summed E-state index contributed by atoms with van der Waals surface area (Å²) in [4.78, 5) is 14.4. The summed E-state index contributed by atoms with van der Waals surface area (Å²) in [6.07, 6.45) is 0.964. The fraction of sp³-hybridized carbons (Fsp3) is 0.625. The second kappa shape index (κ2) is 8.51. The molecule has 0 saturated carbocycles. The van der Waals surface area contributed by atoms with Crippen molar-refractivity contribution in [2.75, 3.05) is 13.1 Å². The number of rotatable bonds is 6. The predicted octanol–water partition coefficient (Wildman–Crippen LogP) is 2.06. The number of carbonyl (C=O) groups excluding carboxylic acids is 1. The molecule has 0 aromatic carbocycles. The minimum absolute atomic E-state index is 0.377. The average Bonchev–Trinajstić information content (AvgIpc) is 3.20. The third-order valence-electron chi connectivity index (χ3n) is 4.42. The minimum Gasteiger partial charge on any atom is -0.467 e. The molecule has 0 spiro atoms. The van der Waals surface area contributed by atoms with Gasteiger partial charge in [0.15, 0.2) is 11.9 Å². The maximum atomic E-state index is 13.2. The monoisotopic (exact) mass is 386 g/mol. The summed E-state index contributed by atoms with van der Waals surface area (Å²) in [6, 6.07) is 0.284. The van der Waals surface area contributed by atoms with Gasteiger partial charge in [0.25, 0.3) is 0 Å². The van der Waals surface area contributed by atoms with E-state index in [2.05, 4.69) is 20.4 Å². The summed E-state index contributed by atoms with van der Waals surface area (Å²) in [7, 11) is 0. The Hall–Kier alpha value is -2.43. The van der Waals surface area contributed by atoms with Crippen LogP contribution in [0.25, 0.3) is 0 Å². The maximum absolute atomic E-state index is 13.2. The van der Waals surface area contributed by atoms with Crippen molar-refractivity contribution in [2.24, 2.45) is 0 Å². The van der Waals surface area contributed by atoms with Crippen molar-refractivity contribution in [3.05, 3.63) is 30.0 Å². The van der Waals surface area contributed by atoms with Gasteiger partial charge in [-0.05, 0) is 48.5 Å². The standard InChI is InChI=1S/C16H21F3N6O2/c17-16(18,19)15(12-6-5-9-27-12)20-14(26)11-25-13(21-22-23-25)10-24-7-3-1-2-4-8-24/h5-6,9,15H,1-4,7-8,10-11H2,(H,20,26). The summed E-state index contributed by atoms with van der Waals surface area (Å²) < 4.78 is 45.7. The molecular formula is C16H21F3N6O2. The first-order valence-corrected chi connectivity index (χ1v) is 8.80. The second-order valence-electron chi connectivity index (χ2n) is 6.50. The van der Waals surface area contributed by atoms with E-state index in [0.29, 0.717) is 12.4 Å². The zero-order valence-corrected chi connectivity index (χ0v) is 14.7. The molecular weight excluding hydrogens is 365 g/mol. The van der Waals surface area contributed by atoms with Gasteiger partial charge in [0.2, 0.25) is 5.91 Å². The van der Waals surface area contributed by atoms with Crippen molar-refractivity contribution >= 4 is 5.91 Å². The van der Waals surface area contributed by atoms with Crippen LogP contribution in [0.5, 0.6) is 0 Å². The predicted molar refractivity (Wildman–Crippen MR) is 87.2 cm³/mol. The van der Waals surface area contributed by atoms with E-state index in [1.807, 2.05) is 5.32 Å². The molecule has 3 heterocycles. The third-order valence-corrected chi connectivity index (χ3v) is 4.42. The summed E-state index contributed by atoms with van der Waals surface area (Å²) in [6.45, 7) is 1.88. The Balaban J connectivity index is 1.63. The molecule has 0 bridgehead atoms. The van der Waals surface area contributed by atoms with Gasteiger partial charge in [-0.1, -0.05) is 12.8 Å². The van der Waals surface area contributed by atoms with Crippen molar-refractivity contribution in [1.29, 1.82) is 0 Å². The molecule has 3 rings (SSSR count). The Morgan fingerprint density at radius 2 is 2.00 bits per heavy atom. The zero-order chi connectivity index (χ0) is 19.3. The maximum Gasteiger partial charge on any atom is 0.415 e. The van der Waals surface area contributed by atoms with E-state index >= 15 is 0 Å².